The van der Waals surface area contributed by atoms with Gasteiger partial charge in [-0.1, -0.05) is 54.4 Å². The Bertz CT molecular complexity index is 414. The lowest BCUT2D eigenvalue weighted by Gasteiger charge is -2.37. The monoisotopic (exact) mass is 360 g/mol. The van der Waals surface area contributed by atoms with Gasteiger partial charge in [-0.2, -0.15) is 22.0 Å². The summed E-state index contributed by atoms with van der Waals surface area (Å²) in [4.78, 5) is 12.3. The number of carbonyl (C=O) groups excluding carboxylic acids is 1. The molecular weight excluding hydrogens is 331 g/mol. The number of ether oxygens (including phenoxy) is 1. The largest absolute Gasteiger partial charge is 0.465 e. The standard InChI is InChI=1S/C17H29F5O2/c1-7-14(3,4)11-12(15(5,6)8-2)13(23)24-10-9-16(18,19)17(20,21)22/h12H,7-11H2,1-6H3. The van der Waals surface area contributed by atoms with Gasteiger partial charge in [-0.25, -0.2) is 0 Å². The molecule has 0 rings (SSSR count). The second-order valence-corrected chi connectivity index (χ2v) is 7.74. The van der Waals surface area contributed by atoms with E-state index in [9.17, 15) is 26.7 Å². The lowest BCUT2D eigenvalue weighted by atomic mass is 9.68. The van der Waals surface area contributed by atoms with Gasteiger partial charge >= 0.3 is 18.1 Å². The summed E-state index contributed by atoms with van der Waals surface area (Å²) in [5.74, 6) is -6.12. The van der Waals surface area contributed by atoms with Crippen LogP contribution in [0.15, 0.2) is 0 Å². The molecular formula is C17H29F5O2. The molecule has 0 aliphatic rings. The topological polar surface area (TPSA) is 26.3 Å². The number of esters is 1. The molecule has 1 atom stereocenters. The minimum atomic E-state index is -5.63. The van der Waals surface area contributed by atoms with Gasteiger partial charge in [-0.05, 0) is 17.3 Å². The van der Waals surface area contributed by atoms with Crippen LogP contribution in [-0.2, 0) is 9.53 Å². The molecule has 0 heterocycles. The molecule has 1 unspecified atom stereocenters. The Hall–Kier alpha value is -0.880. The summed E-state index contributed by atoms with van der Waals surface area (Å²) in [6.07, 6.45) is -5.24. The van der Waals surface area contributed by atoms with Crippen molar-refractivity contribution in [1.29, 1.82) is 0 Å². The molecule has 7 heteroatoms. The molecule has 0 bridgehead atoms. The molecule has 0 aromatic rings. The smallest absolute Gasteiger partial charge is 0.453 e. The average Bonchev–Trinajstić information content (AvgIpc) is 2.43. The van der Waals surface area contributed by atoms with Crippen LogP contribution in [0.25, 0.3) is 0 Å². The number of halogens is 5. The van der Waals surface area contributed by atoms with Gasteiger partial charge in [0.15, 0.2) is 0 Å². The first-order valence-electron chi connectivity index (χ1n) is 8.21. The lowest BCUT2D eigenvalue weighted by molar-refractivity contribution is -0.286. The summed E-state index contributed by atoms with van der Waals surface area (Å²) in [6, 6.07) is 0. The van der Waals surface area contributed by atoms with E-state index in [1.54, 1.807) is 0 Å². The Morgan fingerprint density at radius 1 is 0.958 bits per heavy atom. The molecule has 0 amide bonds. The van der Waals surface area contributed by atoms with Crippen LogP contribution in [0, 0.1) is 16.7 Å². The molecule has 0 aromatic heterocycles. The highest BCUT2D eigenvalue weighted by molar-refractivity contribution is 5.73. The molecule has 0 fully saturated rings. The Kier molecular flexibility index (Phi) is 7.71. The zero-order valence-electron chi connectivity index (χ0n) is 15.3. The number of carbonyl (C=O) groups is 1. The molecule has 0 saturated carbocycles. The molecule has 0 aliphatic carbocycles. The maximum Gasteiger partial charge on any atom is 0.453 e. The van der Waals surface area contributed by atoms with Gasteiger partial charge < -0.3 is 4.74 Å². The van der Waals surface area contributed by atoms with Crippen molar-refractivity contribution in [2.24, 2.45) is 16.7 Å². The minimum absolute atomic E-state index is 0.161. The number of alkyl halides is 5. The molecule has 0 N–H and O–H groups in total. The third-order valence-corrected chi connectivity index (χ3v) is 4.93. The first-order chi connectivity index (χ1) is 10.6. The van der Waals surface area contributed by atoms with Crippen molar-refractivity contribution in [3.05, 3.63) is 0 Å². The molecule has 0 radical (unpaired) electrons. The molecule has 24 heavy (non-hydrogen) atoms. The van der Waals surface area contributed by atoms with Gasteiger partial charge in [-0.3, -0.25) is 4.79 Å². The summed E-state index contributed by atoms with van der Waals surface area (Å²) in [5.41, 5.74) is -0.595. The fourth-order valence-electron chi connectivity index (χ4n) is 2.14. The van der Waals surface area contributed by atoms with Gasteiger partial charge in [0.1, 0.15) is 0 Å². The molecule has 0 aromatic carbocycles. The van der Waals surface area contributed by atoms with Gasteiger partial charge in [0.05, 0.1) is 18.9 Å². The molecule has 0 aliphatic heterocycles. The lowest BCUT2D eigenvalue weighted by Crippen LogP contribution is -2.39. The fourth-order valence-corrected chi connectivity index (χ4v) is 2.14. The molecule has 0 spiro atoms. The van der Waals surface area contributed by atoms with E-state index >= 15 is 0 Å². The van der Waals surface area contributed by atoms with Gasteiger partial charge in [0, 0.05) is 0 Å². The highest BCUT2D eigenvalue weighted by Gasteiger charge is 2.57. The normalized spacial score (nSPS) is 15.3. The quantitative estimate of drug-likeness (QED) is 0.372. The van der Waals surface area contributed by atoms with E-state index in [4.69, 9.17) is 4.74 Å². The van der Waals surface area contributed by atoms with Crippen LogP contribution in [0.4, 0.5) is 22.0 Å². The summed E-state index contributed by atoms with van der Waals surface area (Å²) in [7, 11) is 0. The SMILES string of the molecule is CCC(C)(C)CC(C(=O)OCCC(F)(F)C(F)(F)F)C(C)(C)CC. The average molecular weight is 360 g/mol. The highest BCUT2D eigenvalue weighted by atomic mass is 19.4. The first-order valence-corrected chi connectivity index (χ1v) is 8.21. The van der Waals surface area contributed by atoms with Crippen LogP contribution in [0.1, 0.15) is 67.2 Å². The van der Waals surface area contributed by atoms with E-state index in [-0.39, 0.29) is 5.41 Å². The fraction of sp³-hybridized carbons (Fsp3) is 0.941. The predicted molar refractivity (Wildman–Crippen MR) is 82.8 cm³/mol. The maximum absolute atomic E-state index is 12.9. The second kappa shape index (κ2) is 8.00. The zero-order valence-corrected chi connectivity index (χ0v) is 15.3. The van der Waals surface area contributed by atoms with E-state index in [1.807, 2.05) is 41.5 Å². The van der Waals surface area contributed by atoms with E-state index < -0.39 is 42.4 Å². The molecule has 144 valence electrons. The Morgan fingerprint density at radius 3 is 1.83 bits per heavy atom. The van der Waals surface area contributed by atoms with E-state index in [1.165, 1.54) is 0 Å². The first kappa shape index (κ1) is 23.1. The molecule has 0 saturated heterocycles. The van der Waals surface area contributed by atoms with Crippen molar-refractivity contribution in [3.63, 3.8) is 0 Å². The van der Waals surface area contributed by atoms with Crippen LogP contribution >= 0.6 is 0 Å². The van der Waals surface area contributed by atoms with Crippen molar-refractivity contribution in [2.45, 2.75) is 79.3 Å². The Morgan fingerprint density at radius 2 is 1.46 bits per heavy atom. The number of rotatable bonds is 9. The van der Waals surface area contributed by atoms with E-state index in [0.717, 1.165) is 6.42 Å². The second-order valence-electron chi connectivity index (χ2n) is 7.74. The van der Waals surface area contributed by atoms with Crippen molar-refractivity contribution >= 4 is 5.97 Å². The molecule has 2 nitrogen and oxygen atoms in total. The van der Waals surface area contributed by atoms with Crippen LogP contribution in [-0.4, -0.2) is 24.7 Å². The van der Waals surface area contributed by atoms with Gasteiger partial charge in [0.25, 0.3) is 0 Å². The van der Waals surface area contributed by atoms with Crippen LogP contribution < -0.4 is 0 Å². The van der Waals surface area contributed by atoms with Gasteiger partial charge in [-0.15, -0.1) is 0 Å². The minimum Gasteiger partial charge on any atom is -0.465 e. The number of hydrogen-bond acceptors (Lipinski definition) is 2. The maximum atomic E-state index is 12.9. The Labute approximate surface area is 141 Å². The Balaban J connectivity index is 4.97. The van der Waals surface area contributed by atoms with Crippen LogP contribution in [0.5, 0.6) is 0 Å². The van der Waals surface area contributed by atoms with Crippen LogP contribution in [0.2, 0.25) is 0 Å². The third-order valence-electron chi connectivity index (χ3n) is 4.93. The van der Waals surface area contributed by atoms with Gasteiger partial charge in [0.2, 0.25) is 0 Å². The predicted octanol–water partition coefficient (Wildman–Crippen LogP) is 6.00. The zero-order chi connectivity index (χ0) is 19.4. The summed E-state index contributed by atoms with van der Waals surface area (Å²) < 4.78 is 67.0. The highest BCUT2D eigenvalue weighted by Crippen LogP contribution is 2.41. The summed E-state index contributed by atoms with van der Waals surface area (Å²) in [6.45, 7) is 10.6. The number of hydrogen-bond donors (Lipinski definition) is 0. The van der Waals surface area contributed by atoms with Crippen molar-refractivity contribution in [3.8, 4) is 0 Å². The van der Waals surface area contributed by atoms with Crippen molar-refractivity contribution < 1.29 is 31.5 Å². The van der Waals surface area contributed by atoms with Crippen molar-refractivity contribution in [2.75, 3.05) is 6.61 Å². The van der Waals surface area contributed by atoms with E-state index in [0.29, 0.717) is 12.8 Å². The summed E-state index contributed by atoms with van der Waals surface area (Å²) >= 11 is 0. The third kappa shape index (κ3) is 6.55. The summed E-state index contributed by atoms with van der Waals surface area (Å²) in [5, 5.41) is 0. The van der Waals surface area contributed by atoms with Crippen molar-refractivity contribution in [1.82, 2.24) is 0 Å². The van der Waals surface area contributed by atoms with E-state index in [2.05, 4.69) is 0 Å². The van der Waals surface area contributed by atoms with Crippen LogP contribution in [0.3, 0.4) is 0 Å².